The molecule has 0 fully saturated rings. The summed E-state index contributed by atoms with van der Waals surface area (Å²) in [6.45, 7) is 0.366. The summed E-state index contributed by atoms with van der Waals surface area (Å²) in [5.41, 5.74) is 0. The Bertz CT molecular complexity index is 459. The summed E-state index contributed by atoms with van der Waals surface area (Å²) in [7, 11) is 2.82. The van der Waals surface area contributed by atoms with E-state index >= 15 is 0 Å². The highest BCUT2D eigenvalue weighted by atomic mass is 32.1. The number of esters is 1. The molecule has 0 aromatic carbocycles. The molecule has 1 heterocycles. The minimum atomic E-state index is -0.452. The van der Waals surface area contributed by atoms with Crippen LogP contribution in [0.5, 0.6) is 0 Å². The molecule has 0 spiro atoms. The van der Waals surface area contributed by atoms with Crippen molar-refractivity contribution >= 4 is 29.1 Å². The summed E-state index contributed by atoms with van der Waals surface area (Å²) in [5, 5.41) is 4.57. The van der Waals surface area contributed by atoms with Gasteiger partial charge in [-0.2, -0.15) is 0 Å². The average Bonchev–Trinajstić information content (AvgIpc) is 2.96. The maximum atomic E-state index is 11.7. The van der Waals surface area contributed by atoms with Gasteiger partial charge < -0.3 is 15.0 Å². The van der Waals surface area contributed by atoms with E-state index in [-0.39, 0.29) is 24.8 Å². The van der Waals surface area contributed by atoms with Crippen LogP contribution < -0.4 is 5.32 Å². The summed E-state index contributed by atoms with van der Waals surface area (Å²) in [6, 6.07) is 3.56. The summed E-state index contributed by atoms with van der Waals surface area (Å²) < 4.78 is 4.48. The average molecular weight is 298 g/mol. The Kier molecular flexibility index (Phi) is 6.72. The molecule has 20 heavy (non-hydrogen) atoms. The van der Waals surface area contributed by atoms with Gasteiger partial charge in [0.2, 0.25) is 5.91 Å². The third-order valence-electron chi connectivity index (χ3n) is 2.62. The number of ether oxygens (including phenoxy) is 1. The number of rotatable bonds is 7. The fourth-order valence-corrected chi connectivity index (χ4v) is 2.11. The number of nitrogens with one attached hydrogen (secondary N) is 1. The predicted octanol–water partition coefficient (Wildman–Crippen LogP) is 0.890. The van der Waals surface area contributed by atoms with E-state index in [0.29, 0.717) is 17.8 Å². The van der Waals surface area contributed by atoms with Crippen molar-refractivity contribution in [1.82, 2.24) is 10.2 Å². The van der Waals surface area contributed by atoms with Crippen molar-refractivity contribution in [2.45, 2.75) is 12.8 Å². The Balaban J connectivity index is 2.19. The molecule has 0 aliphatic heterocycles. The van der Waals surface area contributed by atoms with E-state index in [1.54, 1.807) is 13.1 Å². The van der Waals surface area contributed by atoms with E-state index in [4.69, 9.17) is 0 Å². The minimum absolute atomic E-state index is 0.0586. The molecule has 6 nitrogen and oxygen atoms in total. The van der Waals surface area contributed by atoms with Crippen molar-refractivity contribution in [2.24, 2.45) is 0 Å². The molecule has 110 valence electrons. The SMILES string of the molecule is COC(=O)CN(C)C(=O)CCCNC(=O)c1cccs1. The van der Waals surface area contributed by atoms with Crippen molar-refractivity contribution in [3.63, 3.8) is 0 Å². The van der Waals surface area contributed by atoms with E-state index in [0.717, 1.165) is 0 Å². The van der Waals surface area contributed by atoms with Crippen molar-refractivity contribution in [1.29, 1.82) is 0 Å². The number of methoxy groups -OCH3 is 1. The van der Waals surface area contributed by atoms with E-state index in [1.807, 2.05) is 11.4 Å². The number of thiophene rings is 1. The first-order chi connectivity index (χ1) is 9.54. The third kappa shape index (κ3) is 5.40. The molecule has 1 rings (SSSR count). The van der Waals surface area contributed by atoms with Gasteiger partial charge in [-0.3, -0.25) is 14.4 Å². The summed E-state index contributed by atoms with van der Waals surface area (Å²) in [6.07, 6.45) is 0.805. The quantitative estimate of drug-likeness (QED) is 0.599. The molecular weight excluding hydrogens is 280 g/mol. The minimum Gasteiger partial charge on any atom is -0.468 e. The maximum Gasteiger partial charge on any atom is 0.325 e. The molecule has 0 unspecified atom stereocenters. The number of carbonyl (C=O) groups excluding carboxylic acids is 3. The Hall–Kier alpha value is -1.89. The van der Waals surface area contributed by atoms with Crippen molar-refractivity contribution in [3.8, 4) is 0 Å². The van der Waals surface area contributed by atoms with Gasteiger partial charge in [0.1, 0.15) is 6.54 Å². The monoisotopic (exact) mass is 298 g/mol. The first-order valence-corrected chi connectivity index (χ1v) is 7.05. The number of hydrogen-bond donors (Lipinski definition) is 1. The fraction of sp³-hybridized carbons (Fsp3) is 0.462. The number of hydrogen-bond acceptors (Lipinski definition) is 5. The normalized spacial score (nSPS) is 9.90. The zero-order chi connectivity index (χ0) is 15.0. The van der Waals surface area contributed by atoms with Gasteiger partial charge in [0.05, 0.1) is 12.0 Å². The van der Waals surface area contributed by atoms with Crippen LogP contribution in [0.3, 0.4) is 0 Å². The van der Waals surface area contributed by atoms with Gasteiger partial charge in [-0.05, 0) is 17.9 Å². The van der Waals surface area contributed by atoms with Crippen LogP contribution in [0.1, 0.15) is 22.5 Å². The molecule has 1 N–H and O–H groups in total. The van der Waals surface area contributed by atoms with Crippen LogP contribution in [0.2, 0.25) is 0 Å². The number of likely N-dealkylation sites (N-methyl/N-ethyl adjacent to an activating group) is 1. The van der Waals surface area contributed by atoms with Crippen LogP contribution in [0, 0.1) is 0 Å². The Morgan fingerprint density at radius 2 is 2.15 bits per heavy atom. The largest absolute Gasteiger partial charge is 0.468 e. The number of nitrogens with zero attached hydrogens (tertiary/aromatic N) is 1. The Morgan fingerprint density at radius 3 is 2.75 bits per heavy atom. The second-order valence-corrected chi connectivity index (χ2v) is 5.11. The molecule has 0 saturated carbocycles. The van der Waals surface area contributed by atoms with Crippen molar-refractivity contribution in [2.75, 3.05) is 27.2 Å². The topological polar surface area (TPSA) is 75.7 Å². The van der Waals surface area contributed by atoms with Gasteiger partial charge >= 0.3 is 5.97 Å². The first kappa shape index (κ1) is 16.2. The highest BCUT2D eigenvalue weighted by Crippen LogP contribution is 2.07. The molecule has 2 amide bonds. The lowest BCUT2D eigenvalue weighted by Gasteiger charge is -2.15. The maximum absolute atomic E-state index is 11.7. The van der Waals surface area contributed by atoms with Crippen molar-refractivity contribution < 1.29 is 19.1 Å². The third-order valence-corrected chi connectivity index (χ3v) is 3.49. The van der Waals surface area contributed by atoms with Crippen LogP contribution >= 0.6 is 11.3 Å². The van der Waals surface area contributed by atoms with Gasteiger partial charge in [-0.1, -0.05) is 6.07 Å². The molecule has 0 radical (unpaired) electrons. The second kappa shape index (κ2) is 8.31. The highest BCUT2D eigenvalue weighted by molar-refractivity contribution is 7.12. The molecular formula is C13H18N2O4S. The van der Waals surface area contributed by atoms with Crippen LogP contribution in [-0.4, -0.2) is 49.9 Å². The zero-order valence-corrected chi connectivity index (χ0v) is 12.4. The molecule has 0 aliphatic rings. The van der Waals surface area contributed by atoms with E-state index in [2.05, 4.69) is 10.1 Å². The second-order valence-electron chi connectivity index (χ2n) is 4.16. The summed E-state index contributed by atoms with van der Waals surface area (Å²) in [5.74, 6) is -0.733. The lowest BCUT2D eigenvalue weighted by atomic mass is 10.2. The molecule has 0 aliphatic carbocycles. The molecule has 1 aromatic heterocycles. The van der Waals surface area contributed by atoms with Crippen LogP contribution in [0.25, 0.3) is 0 Å². The molecule has 0 bridgehead atoms. The van der Waals surface area contributed by atoms with E-state index in [1.165, 1.54) is 23.3 Å². The lowest BCUT2D eigenvalue weighted by Crippen LogP contribution is -2.33. The molecule has 7 heteroatoms. The summed E-state index contributed by atoms with van der Waals surface area (Å²) in [4.78, 5) is 36.3. The van der Waals surface area contributed by atoms with Gasteiger partial charge in [-0.25, -0.2) is 0 Å². The van der Waals surface area contributed by atoms with E-state index in [9.17, 15) is 14.4 Å². The van der Waals surface area contributed by atoms with Crippen molar-refractivity contribution in [3.05, 3.63) is 22.4 Å². The van der Waals surface area contributed by atoms with Crippen LogP contribution in [0.4, 0.5) is 0 Å². The van der Waals surface area contributed by atoms with Crippen LogP contribution in [0.15, 0.2) is 17.5 Å². The molecule has 0 saturated heterocycles. The lowest BCUT2D eigenvalue weighted by molar-refractivity contribution is -0.146. The smallest absolute Gasteiger partial charge is 0.325 e. The van der Waals surface area contributed by atoms with Crippen LogP contribution in [-0.2, 0) is 14.3 Å². The number of carbonyl (C=O) groups is 3. The zero-order valence-electron chi connectivity index (χ0n) is 11.5. The molecule has 0 atom stereocenters. The Morgan fingerprint density at radius 1 is 1.40 bits per heavy atom. The first-order valence-electron chi connectivity index (χ1n) is 6.17. The van der Waals surface area contributed by atoms with Gasteiger partial charge in [0.15, 0.2) is 0 Å². The highest BCUT2D eigenvalue weighted by Gasteiger charge is 2.13. The van der Waals surface area contributed by atoms with E-state index < -0.39 is 5.97 Å². The predicted molar refractivity (Wildman–Crippen MR) is 75.5 cm³/mol. The van der Waals surface area contributed by atoms with Gasteiger partial charge in [0, 0.05) is 20.0 Å². The van der Waals surface area contributed by atoms with Gasteiger partial charge in [0.25, 0.3) is 5.91 Å². The number of amides is 2. The molecule has 1 aromatic rings. The Labute approximate surface area is 121 Å². The fourth-order valence-electron chi connectivity index (χ4n) is 1.47. The standard InChI is InChI=1S/C13H18N2O4S/c1-15(9-12(17)19-2)11(16)6-3-7-14-13(18)10-5-4-8-20-10/h4-5,8H,3,6-7,9H2,1-2H3,(H,14,18). The summed E-state index contributed by atoms with van der Waals surface area (Å²) >= 11 is 1.37. The van der Waals surface area contributed by atoms with Gasteiger partial charge in [-0.15, -0.1) is 11.3 Å².